The van der Waals surface area contributed by atoms with Crippen molar-refractivity contribution < 1.29 is 14.6 Å². The highest BCUT2D eigenvalue weighted by molar-refractivity contribution is 5.97. The summed E-state index contributed by atoms with van der Waals surface area (Å²) in [5.41, 5.74) is 2.46. The normalized spacial score (nSPS) is 22.1. The van der Waals surface area contributed by atoms with Crippen molar-refractivity contribution in [2.45, 2.75) is 43.9 Å². The number of fused-ring (bicyclic) bond motifs is 1. The summed E-state index contributed by atoms with van der Waals surface area (Å²) in [4.78, 5) is 15.4. The molecule has 5 nitrogen and oxygen atoms in total. The number of likely N-dealkylation sites (N-methyl/N-ethyl adjacent to an activating group) is 1. The Labute approximate surface area is 189 Å². The Kier molecular flexibility index (Phi) is 5.39. The predicted molar refractivity (Wildman–Crippen MR) is 126 cm³/mol. The molecule has 166 valence electrons. The number of ether oxygens (including phenoxy) is 1. The summed E-state index contributed by atoms with van der Waals surface area (Å²) in [5, 5.41) is 15.6. The molecule has 0 radical (unpaired) electrons. The third-order valence-corrected chi connectivity index (χ3v) is 6.97. The average molecular weight is 431 g/mol. The molecule has 32 heavy (non-hydrogen) atoms. The fourth-order valence-corrected chi connectivity index (χ4v) is 4.89. The van der Waals surface area contributed by atoms with Crippen molar-refractivity contribution in [2.75, 3.05) is 20.2 Å². The minimum absolute atomic E-state index is 0.0632. The molecule has 3 aromatic carbocycles. The number of benzene rings is 3. The van der Waals surface area contributed by atoms with E-state index in [1.165, 1.54) is 16.3 Å². The number of hydrogen-bond acceptors (Lipinski definition) is 4. The summed E-state index contributed by atoms with van der Waals surface area (Å²) < 4.78 is 6.01. The third kappa shape index (κ3) is 3.98. The monoisotopic (exact) mass is 430 g/mol. The van der Waals surface area contributed by atoms with Crippen LogP contribution in [-0.2, 0) is 5.54 Å². The number of β-amino-alcohol motifs (C(OH)–C–C–N with tert-alkyl or cyclic N) is 1. The minimum Gasteiger partial charge on any atom is -0.492 e. The van der Waals surface area contributed by atoms with Crippen LogP contribution in [0.15, 0.2) is 60.7 Å². The van der Waals surface area contributed by atoms with E-state index in [4.69, 9.17) is 4.74 Å². The van der Waals surface area contributed by atoms with Crippen molar-refractivity contribution in [3.63, 3.8) is 0 Å². The first kappa shape index (κ1) is 21.0. The molecular formula is C27H30N2O3. The Morgan fingerprint density at radius 3 is 2.69 bits per heavy atom. The Balaban J connectivity index is 1.34. The van der Waals surface area contributed by atoms with Gasteiger partial charge in [-0.3, -0.25) is 9.69 Å². The number of carbonyl (C=O) groups is 1. The van der Waals surface area contributed by atoms with Crippen molar-refractivity contribution in [3.05, 3.63) is 77.4 Å². The first-order valence-electron chi connectivity index (χ1n) is 11.4. The van der Waals surface area contributed by atoms with Gasteiger partial charge in [0, 0.05) is 18.2 Å². The highest BCUT2D eigenvalue weighted by Gasteiger charge is 2.46. The van der Waals surface area contributed by atoms with Crippen molar-refractivity contribution in [1.82, 2.24) is 10.2 Å². The highest BCUT2D eigenvalue weighted by Crippen LogP contribution is 2.48. The molecule has 1 saturated carbocycles. The number of aliphatic hydroxyl groups excluding tert-OH is 1. The van der Waals surface area contributed by atoms with Crippen LogP contribution in [0.5, 0.6) is 5.75 Å². The second-order valence-electron chi connectivity index (χ2n) is 9.33. The molecule has 5 rings (SSSR count). The van der Waals surface area contributed by atoms with Crippen LogP contribution >= 0.6 is 0 Å². The zero-order valence-electron chi connectivity index (χ0n) is 18.7. The second kappa shape index (κ2) is 8.23. The molecule has 2 aliphatic rings. The maximum absolute atomic E-state index is 13.3. The van der Waals surface area contributed by atoms with Crippen molar-refractivity contribution >= 4 is 16.7 Å². The first-order chi connectivity index (χ1) is 15.4. The maximum atomic E-state index is 13.3. The SMILES string of the molecule is Cc1ccc(OC[C@H]2C[C@@H](O)CN2C)cc1C(=O)NC1(c2cccc3ccccc23)CC1. The van der Waals surface area contributed by atoms with Gasteiger partial charge in [-0.15, -0.1) is 0 Å². The van der Waals surface area contributed by atoms with E-state index < -0.39 is 0 Å². The van der Waals surface area contributed by atoms with Gasteiger partial charge in [-0.25, -0.2) is 0 Å². The Morgan fingerprint density at radius 2 is 1.94 bits per heavy atom. The van der Waals surface area contributed by atoms with Crippen molar-refractivity contribution in [2.24, 2.45) is 0 Å². The molecule has 1 saturated heterocycles. The van der Waals surface area contributed by atoms with E-state index in [0.29, 0.717) is 30.9 Å². The summed E-state index contributed by atoms with van der Waals surface area (Å²) in [7, 11) is 2.00. The lowest BCUT2D eigenvalue weighted by Gasteiger charge is -2.22. The van der Waals surface area contributed by atoms with E-state index in [-0.39, 0.29) is 23.6 Å². The van der Waals surface area contributed by atoms with Gasteiger partial charge in [-0.05, 0) is 67.3 Å². The van der Waals surface area contributed by atoms with Gasteiger partial charge in [0.05, 0.1) is 11.6 Å². The number of nitrogens with zero attached hydrogens (tertiary/aromatic N) is 1. The van der Waals surface area contributed by atoms with Gasteiger partial charge in [0.2, 0.25) is 0 Å². The smallest absolute Gasteiger partial charge is 0.252 e. The van der Waals surface area contributed by atoms with Crippen LogP contribution < -0.4 is 10.1 Å². The summed E-state index contributed by atoms with van der Waals surface area (Å²) in [5.74, 6) is 0.623. The molecule has 1 amide bonds. The molecule has 2 N–H and O–H groups in total. The number of aliphatic hydroxyl groups is 1. The van der Waals surface area contributed by atoms with Crippen LogP contribution in [-0.4, -0.2) is 48.3 Å². The lowest BCUT2D eigenvalue weighted by atomic mass is 9.96. The van der Waals surface area contributed by atoms with E-state index in [9.17, 15) is 9.90 Å². The fraction of sp³-hybridized carbons (Fsp3) is 0.370. The summed E-state index contributed by atoms with van der Waals surface area (Å²) >= 11 is 0. The molecule has 0 unspecified atom stereocenters. The van der Waals surface area contributed by atoms with Gasteiger partial charge < -0.3 is 15.2 Å². The number of likely N-dealkylation sites (tertiary alicyclic amines) is 1. The van der Waals surface area contributed by atoms with Gasteiger partial charge in [0.15, 0.2) is 0 Å². The Bertz CT molecular complexity index is 1150. The molecule has 1 aliphatic carbocycles. The zero-order chi connectivity index (χ0) is 22.3. The van der Waals surface area contributed by atoms with Gasteiger partial charge in [-0.2, -0.15) is 0 Å². The van der Waals surface area contributed by atoms with E-state index in [0.717, 1.165) is 18.4 Å². The van der Waals surface area contributed by atoms with Crippen molar-refractivity contribution in [1.29, 1.82) is 0 Å². The number of carbonyl (C=O) groups excluding carboxylic acids is 1. The van der Waals surface area contributed by atoms with E-state index in [1.807, 2.05) is 38.2 Å². The van der Waals surface area contributed by atoms with Crippen LogP contribution in [0.1, 0.15) is 40.7 Å². The summed E-state index contributed by atoms with van der Waals surface area (Å²) in [6.45, 7) is 3.13. The number of amides is 1. The molecule has 1 heterocycles. The molecular weight excluding hydrogens is 400 g/mol. The first-order valence-corrected chi connectivity index (χ1v) is 11.4. The summed E-state index contributed by atoms with van der Waals surface area (Å²) in [6.07, 6.45) is 2.30. The van der Waals surface area contributed by atoms with Gasteiger partial charge >= 0.3 is 0 Å². The van der Waals surface area contributed by atoms with Crippen LogP contribution in [0.25, 0.3) is 10.8 Å². The van der Waals surface area contributed by atoms with Crippen LogP contribution in [0.4, 0.5) is 0 Å². The van der Waals surface area contributed by atoms with Gasteiger partial charge in [-0.1, -0.05) is 48.5 Å². The van der Waals surface area contributed by atoms with Crippen LogP contribution in [0.2, 0.25) is 0 Å². The molecule has 2 fully saturated rings. The largest absolute Gasteiger partial charge is 0.492 e. The Hall–Kier alpha value is -2.89. The molecule has 0 aromatic heterocycles. The number of nitrogens with one attached hydrogen (secondary N) is 1. The highest BCUT2D eigenvalue weighted by atomic mass is 16.5. The molecule has 0 spiro atoms. The molecule has 1 aliphatic heterocycles. The third-order valence-electron chi connectivity index (χ3n) is 6.97. The minimum atomic E-state index is -0.302. The van der Waals surface area contributed by atoms with E-state index >= 15 is 0 Å². The Morgan fingerprint density at radius 1 is 1.16 bits per heavy atom. The van der Waals surface area contributed by atoms with Gasteiger partial charge in [0.25, 0.3) is 5.91 Å². The van der Waals surface area contributed by atoms with Crippen molar-refractivity contribution in [3.8, 4) is 5.75 Å². The standard InChI is InChI=1S/C27H30N2O3/c1-18-10-11-22(32-17-20-14-21(30)16-29(20)2)15-24(18)26(31)28-27(12-13-27)25-9-5-7-19-6-3-4-8-23(19)25/h3-11,15,20-21,30H,12-14,16-17H2,1-2H3,(H,28,31)/t20-,21-/m1/s1. The van der Waals surface area contributed by atoms with E-state index in [2.05, 4.69) is 46.6 Å². The zero-order valence-corrected chi connectivity index (χ0v) is 18.7. The predicted octanol–water partition coefficient (Wildman–Crippen LogP) is 4.01. The maximum Gasteiger partial charge on any atom is 0.252 e. The number of rotatable bonds is 6. The number of aryl methyl sites for hydroxylation is 1. The van der Waals surface area contributed by atoms with Gasteiger partial charge in [0.1, 0.15) is 12.4 Å². The molecule has 0 bridgehead atoms. The fourth-order valence-electron chi connectivity index (χ4n) is 4.89. The number of hydrogen-bond donors (Lipinski definition) is 2. The van der Waals surface area contributed by atoms with Crippen LogP contribution in [0, 0.1) is 6.92 Å². The molecule has 5 heteroatoms. The quantitative estimate of drug-likeness (QED) is 0.620. The lowest BCUT2D eigenvalue weighted by molar-refractivity contribution is 0.0930. The van der Waals surface area contributed by atoms with E-state index in [1.54, 1.807) is 0 Å². The second-order valence-corrected chi connectivity index (χ2v) is 9.33. The molecule has 3 aromatic rings. The van der Waals surface area contributed by atoms with Crippen LogP contribution in [0.3, 0.4) is 0 Å². The lowest BCUT2D eigenvalue weighted by Crippen LogP contribution is -2.35. The summed E-state index contributed by atoms with van der Waals surface area (Å²) in [6, 6.07) is 20.5. The average Bonchev–Trinajstić information content (AvgIpc) is 3.49. The topological polar surface area (TPSA) is 61.8 Å². The molecule has 2 atom stereocenters.